The molecule has 0 amide bonds. The van der Waals surface area contributed by atoms with Crippen LogP contribution in [0.3, 0.4) is 0 Å². The minimum absolute atomic E-state index is 0.280. The summed E-state index contributed by atoms with van der Waals surface area (Å²) in [6.07, 6.45) is 3.22. The van der Waals surface area contributed by atoms with Crippen molar-refractivity contribution < 1.29 is 0 Å². The Morgan fingerprint density at radius 1 is 1.25 bits per heavy atom. The van der Waals surface area contributed by atoms with Crippen LogP contribution in [0.1, 0.15) is 0 Å². The van der Waals surface area contributed by atoms with Crippen LogP contribution < -0.4 is 21.8 Å². The molecular formula is C15H11N3O2. The van der Waals surface area contributed by atoms with Crippen molar-refractivity contribution in [2.24, 2.45) is 0 Å². The van der Waals surface area contributed by atoms with Gasteiger partial charge < -0.3 is 4.98 Å². The molecule has 20 heavy (non-hydrogen) atoms. The molecule has 5 heteroatoms. The maximum absolute atomic E-state index is 12.4. The Balaban J connectivity index is 2.80. The molecule has 0 aliphatic rings. The standard InChI is InChI=1S/C15H11N3O2/c1-3-6-10-9(2)16-15(20)18-13(10)17-12-8-5-4-7-11(12)14(18)19/h3-8H,1-2H2,(H,16,20)/b10-6+. The number of rotatable bonds is 1. The van der Waals surface area contributed by atoms with Crippen LogP contribution in [0.4, 0.5) is 0 Å². The van der Waals surface area contributed by atoms with Crippen molar-refractivity contribution in [2.45, 2.75) is 0 Å². The zero-order valence-electron chi connectivity index (χ0n) is 10.6. The monoisotopic (exact) mass is 265 g/mol. The van der Waals surface area contributed by atoms with Crippen LogP contribution in [0.2, 0.25) is 0 Å². The van der Waals surface area contributed by atoms with E-state index in [1.165, 1.54) is 0 Å². The van der Waals surface area contributed by atoms with Gasteiger partial charge in [0.1, 0.15) is 0 Å². The lowest BCUT2D eigenvalue weighted by molar-refractivity contribution is 0.922. The van der Waals surface area contributed by atoms with E-state index in [4.69, 9.17) is 0 Å². The van der Waals surface area contributed by atoms with Gasteiger partial charge in [-0.05, 0) is 18.2 Å². The third-order valence-corrected chi connectivity index (χ3v) is 3.09. The highest BCUT2D eigenvalue weighted by molar-refractivity contribution is 5.79. The molecule has 3 aromatic rings. The summed E-state index contributed by atoms with van der Waals surface area (Å²) in [5.74, 6) is 0. The zero-order valence-corrected chi connectivity index (χ0v) is 10.6. The van der Waals surface area contributed by atoms with E-state index in [-0.39, 0.29) is 5.65 Å². The first kappa shape index (κ1) is 12.1. The fourth-order valence-corrected chi connectivity index (χ4v) is 2.18. The number of aromatic nitrogens is 3. The average Bonchev–Trinajstić information content (AvgIpc) is 2.43. The third kappa shape index (κ3) is 1.60. The number of para-hydroxylation sites is 1. The number of fused-ring (bicyclic) bond motifs is 2. The molecule has 0 saturated carbocycles. The molecule has 2 aromatic heterocycles. The van der Waals surface area contributed by atoms with Gasteiger partial charge in [-0.1, -0.05) is 31.4 Å². The van der Waals surface area contributed by atoms with Crippen LogP contribution in [0.25, 0.3) is 29.2 Å². The van der Waals surface area contributed by atoms with Crippen molar-refractivity contribution in [1.82, 2.24) is 14.4 Å². The van der Waals surface area contributed by atoms with Crippen molar-refractivity contribution in [3.63, 3.8) is 0 Å². The summed E-state index contributed by atoms with van der Waals surface area (Å²) in [7, 11) is 0. The van der Waals surface area contributed by atoms with Crippen LogP contribution in [0, 0.1) is 0 Å². The first-order chi connectivity index (χ1) is 9.63. The smallest absolute Gasteiger partial charge is 0.307 e. The summed E-state index contributed by atoms with van der Waals surface area (Å²) < 4.78 is 1.02. The Hall–Kier alpha value is -2.95. The number of allylic oxidation sites excluding steroid dienone is 1. The largest absolute Gasteiger partial charge is 0.334 e. The van der Waals surface area contributed by atoms with E-state index in [0.29, 0.717) is 21.5 Å². The molecule has 0 saturated heterocycles. The summed E-state index contributed by atoms with van der Waals surface area (Å²) in [4.78, 5) is 31.4. The fraction of sp³-hybridized carbons (Fsp3) is 0. The zero-order chi connectivity index (χ0) is 14.3. The van der Waals surface area contributed by atoms with Crippen LogP contribution in [0.5, 0.6) is 0 Å². The molecule has 0 bridgehead atoms. The summed E-state index contributed by atoms with van der Waals surface area (Å²) in [5.41, 5.74) is -0.122. The molecule has 0 radical (unpaired) electrons. The van der Waals surface area contributed by atoms with E-state index in [1.807, 2.05) is 0 Å². The molecule has 0 aliphatic heterocycles. The first-order valence-electron chi connectivity index (χ1n) is 5.99. The molecule has 0 unspecified atom stereocenters. The van der Waals surface area contributed by atoms with Crippen molar-refractivity contribution in [3.05, 3.63) is 68.3 Å². The topological polar surface area (TPSA) is 67.2 Å². The van der Waals surface area contributed by atoms with Crippen molar-refractivity contribution >= 4 is 29.2 Å². The van der Waals surface area contributed by atoms with Gasteiger partial charge in [0, 0.05) is 10.6 Å². The molecule has 1 N–H and O–H groups in total. The molecule has 0 aliphatic carbocycles. The number of nitrogens with zero attached hydrogens (tertiary/aromatic N) is 2. The lowest BCUT2D eigenvalue weighted by Crippen LogP contribution is -2.43. The van der Waals surface area contributed by atoms with Crippen LogP contribution in [-0.4, -0.2) is 14.4 Å². The number of nitrogens with one attached hydrogen (secondary N) is 1. The summed E-state index contributed by atoms with van der Waals surface area (Å²) in [6, 6.07) is 6.91. The second-order valence-electron chi connectivity index (χ2n) is 4.32. The predicted molar refractivity (Wildman–Crippen MR) is 79.0 cm³/mol. The lowest BCUT2D eigenvalue weighted by Gasteiger charge is -2.03. The maximum atomic E-state index is 12.4. The van der Waals surface area contributed by atoms with Crippen LogP contribution >= 0.6 is 0 Å². The number of H-pyrrole nitrogens is 1. The highest BCUT2D eigenvalue weighted by Gasteiger charge is 2.08. The Labute approximate surface area is 112 Å². The molecule has 0 fully saturated rings. The van der Waals surface area contributed by atoms with E-state index in [9.17, 15) is 9.59 Å². The van der Waals surface area contributed by atoms with Crippen molar-refractivity contribution in [1.29, 1.82) is 0 Å². The average molecular weight is 265 g/mol. The van der Waals surface area contributed by atoms with Crippen molar-refractivity contribution in [2.75, 3.05) is 0 Å². The molecule has 0 spiro atoms. The van der Waals surface area contributed by atoms with Gasteiger partial charge in [0.25, 0.3) is 5.56 Å². The quantitative estimate of drug-likeness (QED) is 0.625. The van der Waals surface area contributed by atoms with Gasteiger partial charge in [-0.3, -0.25) is 4.79 Å². The van der Waals surface area contributed by atoms with Gasteiger partial charge in [0.05, 0.1) is 10.9 Å². The highest BCUT2D eigenvalue weighted by atomic mass is 16.2. The SMILES string of the molecule is C=C/C=c1\c(=C)[nH]c(=O)n2c(=O)c3ccccc3nc12. The molecule has 1 aromatic carbocycles. The third-order valence-electron chi connectivity index (χ3n) is 3.09. The van der Waals surface area contributed by atoms with Gasteiger partial charge in [-0.25, -0.2) is 14.2 Å². The molecular weight excluding hydrogens is 254 g/mol. The Morgan fingerprint density at radius 2 is 2.00 bits per heavy atom. The number of aromatic amines is 1. The molecule has 0 atom stereocenters. The van der Waals surface area contributed by atoms with E-state index in [2.05, 4.69) is 23.1 Å². The number of hydrogen-bond acceptors (Lipinski definition) is 3. The first-order valence-corrected chi connectivity index (χ1v) is 5.99. The predicted octanol–water partition coefficient (Wildman–Crippen LogP) is -0.0872. The molecule has 98 valence electrons. The minimum atomic E-state index is -0.547. The highest BCUT2D eigenvalue weighted by Crippen LogP contribution is 2.05. The van der Waals surface area contributed by atoms with Crippen LogP contribution in [-0.2, 0) is 0 Å². The second-order valence-corrected chi connectivity index (χ2v) is 4.32. The lowest BCUT2D eigenvalue weighted by atomic mass is 10.2. The Kier molecular flexibility index (Phi) is 2.61. The van der Waals surface area contributed by atoms with Gasteiger partial charge in [-0.2, -0.15) is 0 Å². The maximum Gasteiger partial charge on any atom is 0.334 e. The normalized spacial score (nSPS) is 12.1. The number of hydrogen-bond donors (Lipinski definition) is 1. The van der Waals surface area contributed by atoms with E-state index in [1.54, 1.807) is 36.4 Å². The Bertz CT molecular complexity index is 1070. The molecule has 2 heterocycles. The fourth-order valence-electron chi connectivity index (χ4n) is 2.18. The summed E-state index contributed by atoms with van der Waals surface area (Å²) >= 11 is 0. The molecule has 3 rings (SSSR count). The van der Waals surface area contributed by atoms with E-state index < -0.39 is 11.2 Å². The minimum Gasteiger partial charge on any atom is -0.307 e. The second kappa shape index (κ2) is 4.31. The van der Waals surface area contributed by atoms with Crippen molar-refractivity contribution in [3.8, 4) is 0 Å². The summed E-state index contributed by atoms with van der Waals surface area (Å²) in [5, 5.41) is 1.37. The van der Waals surface area contributed by atoms with Gasteiger partial charge >= 0.3 is 5.69 Å². The Morgan fingerprint density at radius 3 is 2.75 bits per heavy atom. The summed E-state index contributed by atoms with van der Waals surface area (Å²) in [6.45, 7) is 7.39. The van der Waals surface area contributed by atoms with E-state index in [0.717, 1.165) is 4.40 Å². The van der Waals surface area contributed by atoms with E-state index >= 15 is 0 Å². The van der Waals surface area contributed by atoms with Gasteiger partial charge in [0.2, 0.25) is 0 Å². The van der Waals surface area contributed by atoms with Crippen LogP contribution in [0.15, 0.2) is 46.5 Å². The van der Waals surface area contributed by atoms with Gasteiger partial charge in [0.15, 0.2) is 5.65 Å². The molecule has 5 nitrogen and oxygen atoms in total. The number of benzene rings is 1. The van der Waals surface area contributed by atoms with Gasteiger partial charge in [-0.15, -0.1) is 0 Å².